The van der Waals surface area contributed by atoms with Gasteiger partial charge in [0, 0.05) is 17.3 Å². The second kappa shape index (κ2) is 6.32. The maximum Gasteiger partial charge on any atom is 0.161 e. The first-order valence-electron chi connectivity index (χ1n) is 8.06. The van der Waals surface area contributed by atoms with Crippen molar-refractivity contribution in [1.82, 2.24) is 9.97 Å². The van der Waals surface area contributed by atoms with Crippen molar-refractivity contribution in [2.24, 2.45) is 0 Å². The molecule has 0 saturated heterocycles. The van der Waals surface area contributed by atoms with E-state index in [1.807, 2.05) is 36.5 Å². The maximum absolute atomic E-state index is 5.38. The number of aromatic amines is 1. The fourth-order valence-electron chi connectivity index (χ4n) is 3.04. The molecule has 25 heavy (non-hydrogen) atoms. The summed E-state index contributed by atoms with van der Waals surface area (Å²) >= 11 is 0. The fourth-order valence-corrected chi connectivity index (χ4v) is 3.04. The van der Waals surface area contributed by atoms with Gasteiger partial charge in [-0.15, -0.1) is 0 Å². The molecule has 0 bridgehead atoms. The van der Waals surface area contributed by atoms with Crippen molar-refractivity contribution in [3.05, 3.63) is 66.9 Å². The Balaban J connectivity index is 1.78. The van der Waals surface area contributed by atoms with Gasteiger partial charge in [-0.05, 0) is 29.0 Å². The van der Waals surface area contributed by atoms with Gasteiger partial charge in [-0.3, -0.25) is 0 Å². The minimum atomic E-state index is 0.683. The van der Waals surface area contributed by atoms with Crippen molar-refractivity contribution in [3.63, 3.8) is 0 Å². The van der Waals surface area contributed by atoms with Gasteiger partial charge in [0.15, 0.2) is 11.5 Å². The SMILES string of the molecule is COc1ccc(-c2nc(-c3cccc4ccccc34)c[nH]2)cc1OC. The summed E-state index contributed by atoms with van der Waals surface area (Å²) in [5.74, 6) is 2.18. The number of ether oxygens (including phenoxy) is 2. The highest BCUT2D eigenvalue weighted by Gasteiger charge is 2.11. The van der Waals surface area contributed by atoms with Crippen LogP contribution in [-0.2, 0) is 0 Å². The van der Waals surface area contributed by atoms with Crippen molar-refractivity contribution in [3.8, 4) is 34.1 Å². The summed E-state index contributed by atoms with van der Waals surface area (Å²) in [7, 11) is 3.26. The van der Waals surface area contributed by atoms with Crippen LogP contribution in [0.2, 0.25) is 0 Å². The lowest BCUT2D eigenvalue weighted by atomic mass is 10.0. The molecule has 0 amide bonds. The van der Waals surface area contributed by atoms with Crippen LogP contribution in [0.1, 0.15) is 0 Å². The first-order valence-corrected chi connectivity index (χ1v) is 8.06. The molecule has 4 nitrogen and oxygen atoms in total. The van der Waals surface area contributed by atoms with Gasteiger partial charge in [-0.1, -0.05) is 42.5 Å². The molecule has 4 rings (SSSR count). The minimum absolute atomic E-state index is 0.683. The van der Waals surface area contributed by atoms with E-state index in [9.17, 15) is 0 Å². The molecule has 0 spiro atoms. The summed E-state index contributed by atoms with van der Waals surface area (Å²) in [4.78, 5) is 8.05. The number of nitrogens with zero attached hydrogens (tertiary/aromatic N) is 1. The molecule has 0 saturated carbocycles. The number of benzene rings is 3. The fraction of sp³-hybridized carbons (Fsp3) is 0.0952. The van der Waals surface area contributed by atoms with Gasteiger partial charge in [0.1, 0.15) is 5.82 Å². The highest BCUT2D eigenvalue weighted by atomic mass is 16.5. The summed E-state index contributed by atoms with van der Waals surface area (Å²) in [6.07, 6.45) is 1.94. The Kier molecular flexibility index (Phi) is 3.86. The first-order chi connectivity index (χ1) is 12.3. The summed E-state index contributed by atoms with van der Waals surface area (Å²) in [6.45, 7) is 0. The average Bonchev–Trinajstić information content (AvgIpc) is 3.17. The van der Waals surface area contributed by atoms with Gasteiger partial charge in [0.2, 0.25) is 0 Å². The van der Waals surface area contributed by atoms with Gasteiger partial charge in [-0.2, -0.15) is 0 Å². The third kappa shape index (κ3) is 2.72. The van der Waals surface area contributed by atoms with Crippen LogP contribution in [0.3, 0.4) is 0 Å². The zero-order chi connectivity index (χ0) is 17.2. The van der Waals surface area contributed by atoms with Gasteiger partial charge >= 0.3 is 0 Å². The molecular formula is C21H18N2O2. The van der Waals surface area contributed by atoms with E-state index in [0.717, 1.165) is 22.6 Å². The van der Waals surface area contributed by atoms with E-state index in [0.29, 0.717) is 11.5 Å². The van der Waals surface area contributed by atoms with E-state index in [4.69, 9.17) is 14.5 Å². The van der Waals surface area contributed by atoms with Crippen LogP contribution in [-0.4, -0.2) is 24.2 Å². The Bertz CT molecular complexity index is 1030. The number of aromatic nitrogens is 2. The molecule has 0 radical (unpaired) electrons. The quantitative estimate of drug-likeness (QED) is 0.578. The second-order valence-electron chi connectivity index (χ2n) is 5.73. The van der Waals surface area contributed by atoms with E-state index in [2.05, 4.69) is 35.3 Å². The van der Waals surface area contributed by atoms with Crippen LogP contribution in [0, 0.1) is 0 Å². The van der Waals surface area contributed by atoms with Crippen LogP contribution in [0.25, 0.3) is 33.4 Å². The smallest absolute Gasteiger partial charge is 0.161 e. The van der Waals surface area contributed by atoms with E-state index in [-0.39, 0.29) is 0 Å². The first kappa shape index (κ1) is 15.3. The summed E-state index contributed by atoms with van der Waals surface area (Å²) in [6, 6.07) is 20.4. The van der Waals surface area contributed by atoms with Crippen LogP contribution < -0.4 is 9.47 Å². The normalized spacial score (nSPS) is 10.8. The zero-order valence-electron chi connectivity index (χ0n) is 14.1. The molecule has 3 aromatic carbocycles. The molecule has 0 aliphatic carbocycles. The van der Waals surface area contributed by atoms with Crippen molar-refractivity contribution >= 4 is 10.8 Å². The van der Waals surface area contributed by atoms with Crippen molar-refractivity contribution in [2.75, 3.05) is 14.2 Å². The van der Waals surface area contributed by atoms with Crippen molar-refractivity contribution < 1.29 is 9.47 Å². The third-order valence-corrected chi connectivity index (χ3v) is 4.30. The number of fused-ring (bicyclic) bond motifs is 1. The van der Waals surface area contributed by atoms with Crippen LogP contribution in [0.5, 0.6) is 11.5 Å². The molecular weight excluding hydrogens is 312 g/mol. The Morgan fingerprint density at radius 2 is 1.64 bits per heavy atom. The van der Waals surface area contributed by atoms with Gasteiger partial charge in [0.05, 0.1) is 19.9 Å². The summed E-state index contributed by atoms with van der Waals surface area (Å²) < 4.78 is 10.7. The van der Waals surface area contributed by atoms with Crippen LogP contribution in [0.15, 0.2) is 66.9 Å². The molecule has 0 aliphatic heterocycles. The minimum Gasteiger partial charge on any atom is -0.493 e. The lowest BCUT2D eigenvalue weighted by molar-refractivity contribution is 0.355. The molecule has 0 aliphatic rings. The van der Waals surface area contributed by atoms with E-state index in [1.54, 1.807) is 14.2 Å². The highest BCUT2D eigenvalue weighted by Crippen LogP contribution is 2.33. The Morgan fingerprint density at radius 3 is 2.48 bits per heavy atom. The number of H-pyrrole nitrogens is 1. The maximum atomic E-state index is 5.38. The monoisotopic (exact) mass is 330 g/mol. The standard InChI is InChI=1S/C21H18N2O2/c1-24-19-11-10-15(12-20(19)25-2)21-22-13-18(23-21)17-9-5-7-14-6-3-4-8-16(14)17/h3-13H,1-2H3,(H,22,23). The number of nitrogens with one attached hydrogen (secondary N) is 1. The Labute approximate surface area is 146 Å². The third-order valence-electron chi connectivity index (χ3n) is 4.30. The number of rotatable bonds is 4. The topological polar surface area (TPSA) is 47.1 Å². The number of hydrogen-bond acceptors (Lipinski definition) is 3. The predicted molar refractivity (Wildman–Crippen MR) is 100 cm³/mol. The average molecular weight is 330 g/mol. The molecule has 1 N–H and O–H groups in total. The Morgan fingerprint density at radius 1 is 0.840 bits per heavy atom. The lowest BCUT2D eigenvalue weighted by Crippen LogP contribution is -1.91. The van der Waals surface area contributed by atoms with Gasteiger partial charge in [-0.25, -0.2) is 4.98 Å². The second-order valence-corrected chi connectivity index (χ2v) is 5.73. The predicted octanol–water partition coefficient (Wildman–Crippen LogP) is 4.91. The largest absolute Gasteiger partial charge is 0.493 e. The highest BCUT2D eigenvalue weighted by molar-refractivity contribution is 5.95. The number of hydrogen-bond donors (Lipinski definition) is 1. The summed E-state index contributed by atoms with van der Waals surface area (Å²) in [5, 5.41) is 2.39. The van der Waals surface area contributed by atoms with Crippen molar-refractivity contribution in [1.29, 1.82) is 0 Å². The molecule has 0 atom stereocenters. The molecule has 124 valence electrons. The number of imidazole rings is 1. The molecule has 1 aromatic heterocycles. The van der Waals surface area contributed by atoms with Gasteiger partial charge < -0.3 is 14.5 Å². The van der Waals surface area contributed by atoms with Crippen LogP contribution >= 0.6 is 0 Å². The van der Waals surface area contributed by atoms with Crippen LogP contribution in [0.4, 0.5) is 0 Å². The van der Waals surface area contributed by atoms with Gasteiger partial charge in [0.25, 0.3) is 0 Å². The Hall–Kier alpha value is -3.27. The zero-order valence-corrected chi connectivity index (χ0v) is 14.1. The number of methoxy groups -OCH3 is 2. The molecule has 0 fully saturated rings. The molecule has 1 heterocycles. The van der Waals surface area contributed by atoms with E-state index < -0.39 is 0 Å². The molecule has 4 heteroatoms. The lowest BCUT2D eigenvalue weighted by Gasteiger charge is -2.08. The van der Waals surface area contributed by atoms with Crippen molar-refractivity contribution in [2.45, 2.75) is 0 Å². The van der Waals surface area contributed by atoms with E-state index in [1.165, 1.54) is 10.8 Å². The summed E-state index contributed by atoms with van der Waals surface area (Å²) in [5.41, 5.74) is 2.98. The molecule has 4 aromatic rings. The van der Waals surface area contributed by atoms with E-state index >= 15 is 0 Å². The molecule has 0 unspecified atom stereocenters.